The predicted molar refractivity (Wildman–Crippen MR) is 67.2 cm³/mol. The molecule has 96 valence electrons. The third-order valence-electron chi connectivity index (χ3n) is 2.65. The number of likely N-dealkylation sites (N-methyl/N-ethyl adjacent to an activating group) is 1. The molecular formula is C12H16FN5. The average molecular weight is 249 g/mol. The highest BCUT2D eigenvalue weighted by Crippen LogP contribution is 2.21. The Kier molecular flexibility index (Phi) is 4.01. The zero-order valence-corrected chi connectivity index (χ0v) is 10.2. The summed E-state index contributed by atoms with van der Waals surface area (Å²) in [5, 5.41) is 6.96. The molecule has 5 nitrogen and oxygen atoms in total. The van der Waals surface area contributed by atoms with Gasteiger partial charge in [0.2, 0.25) is 0 Å². The molecule has 0 amide bonds. The van der Waals surface area contributed by atoms with Crippen molar-refractivity contribution in [3.05, 3.63) is 36.0 Å². The Morgan fingerprint density at radius 2 is 2.28 bits per heavy atom. The van der Waals surface area contributed by atoms with Gasteiger partial charge in [-0.05, 0) is 13.1 Å². The summed E-state index contributed by atoms with van der Waals surface area (Å²) in [6.07, 6.45) is 4.59. The maximum atomic E-state index is 13.1. The molecule has 2 aromatic heterocycles. The molecule has 0 aliphatic carbocycles. The number of nitrogens with zero attached hydrogens (tertiary/aromatic N) is 3. The second-order valence-electron chi connectivity index (χ2n) is 4.18. The van der Waals surface area contributed by atoms with E-state index in [0.717, 1.165) is 17.8 Å². The molecule has 18 heavy (non-hydrogen) atoms. The predicted octanol–water partition coefficient (Wildman–Crippen LogP) is 1.00. The lowest BCUT2D eigenvalue weighted by Gasteiger charge is -2.14. The van der Waals surface area contributed by atoms with Crippen molar-refractivity contribution in [3.8, 4) is 11.3 Å². The van der Waals surface area contributed by atoms with Gasteiger partial charge in [-0.1, -0.05) is 0 Å². The third kappa shape index (κ3) is 2.91. The molecule has 0 aliphatic rings. The molecule has 6 heteroatoms. The molecule has 0 aliphatic heterocycles. The smallest absolute Gasteiger partial charge is 0.142 e. The van der Waals surface area contributed by atoms with Gasteiger partial charge in [0, 0.05) is 43.2 Å². The van der Waals surface area contributed by atoms with Crippen molar-refractivity contribution in [2.45, 2.75) is 6.54 Å². The first-order chi connectivity index (χ1) is 8.70. The minimum absolute atomic E-state index is 0.364. The first-order valence-corrected chi connectivity index (χ1v) is 5.73. The summed E-state index contributed by atoms with van der Waals surface area (Å²) >= 11 is 0. The Balaban J connectivity index is 2.22. The molecule has 0 saturated heterocycles. The normalized spacial score (nSPS) is 11.1. The maximum Gasteiger partial charge on any atom is 0.142 e. The van der Waals surface area contributed by atoms with Crippen LogP contribution in [0.2, 0.25) is 0 Å². The van der Waals surface area contributed by atoms with Gasteiger partial charge in [0.25, 0.3) is 0 Å². The van der Waals surface area contributed by atoms with E-state index in [0.29, 0.717) is 18.7 Å². The topological polar surface area (TPSA) is 70.8 Å². The zero-order chi connectivity index (χ0) is 13.0. The van der Waals surface area contributed by atoms with Crippen LogP contribution in [0.5, 0.6) is 0 Å². The number of halogens is 1. The number of nitrogens with one attached hydrogen (secondary N) is 1. The summed E-state index contributed by atoms with van der Waals surface area (Å²) in [6, 6.07) is 1.43. The Bertz CT molecular complexity index is 511. The van der Waals surface area contributed by atoms with Gasteiger partial charge in [-0.15, -0.1) is 0 Å². The Labute approximate surface area is 105 Å². The third-order valence-corrected chi connectivity index (χ3v) is 2.65. The van der Waals surface area contributed by atoms with Crippen molar-refractivity contribution < 1.29 is 4.39 Å². The van der Waals surface area contributed by atoms with Crippen LogP contribution in [0.4, 0.5) is 4.39 Å². The van der Waals surface area contributed by atoms with Crippen LogP contribution in [-0.2, 0) is 6.54 Å². The summed E-state index contributed by atoms with van der Waals surface area (Å²) in [4.78, 5) is 5.92. The molecule has 0 fully saturated rings. The summed E-state index contributed by atoms with van der Waals surface area (Å²) in [6.45, 7) is 2.11. The molecule has 3 N–H and O–H groups in total. The SMILES string of the molecule is CN(CCN)Cc1c[nH]nc1-c1cncc(F)c1. The largest absolute Gasteiger partial charge is 0.329 e. The first kappa shape index (κ1) is 12.7. The Morgan fingerprint density at radius 3 is 3.00 bits per heavy atom. The highest BCUT2D eigenvalue weighted by molar-refractivity contribution is 5.61. The van der Waals surface area contributed by atoms with E-state index >= 15 is 0 Å². The first-order valence-electron chi connectivity index (χ1n) is 5.73. The molecule has 0 spiro atoms. The molecule has 2 rings (SSSR count). The molecule has 0 aromatic carbocycles. The fourth-order valence-electron chi connectivity index (χ4n) is 1.82. The van der Waals surface area contributed by atoms with E-state index in [1.54, 1.807) is 6.20 Å². The van der Waals surface area contributed by atoms with Crippen molar-refractivity contribution in [2.75, 3.05) is 20.1 Å². The molecule has 0 saturated carbocycles. The van der Waals surface area contributed by atoms with Crippen LogP contribution < -0.4 is 5.73 Å². The lowest BCUT2D eigenvalue weighted by molar-refractivity contribution is 0.337. The lowest BCUT2D eigenvalue weighted by Crippen LogP contribution is -2.25. The number of hydrogen-bond acceptors (Lipinski definition) is 4. The van der Waals surface area contributed by atoms with Gasteiger partial charge in [0.15, 0.2) is 0 Å². The minimum Gasteiger partial charge on any atom is -0.329 e. The number of aromatic amines is 1. The van der Waals surface area contributed by atoms with E-state index in [-0.39, 0.29) is 5.82 Å². The fourth-order valence-corrected chi connectivity index (χ4v) is 1.82. The van der Waals surface area contributed by atoms with Crippen LogP contribution >= 0.6 is 0 Å². The number of pyridine rings is 1. The van der Waals surface area contributed by atoms with Crippen molar-refractivity contribution >= 4 is 0 Å². The van der Waals surface area contributed by atoms with E-state index < -0.39 is 0 Å². The van der Waals surface area contributed by atoms with Gasteiger partial charge in [-0.3, -0.25) is 10.1 Å². The summed E-state index contributed by atoms with van der Waals surface area (Å²) < 4.78 is 13.1. The molecule has 0 radical (unpaired) electrons. The second kappa shape index (κ2) is 5.70. The van der Waals surface area contributed by atoms with Gasteiger partial charge in [0.1, 0.15) is 5.82 Å². The van der Waals surface area contributed by atoms with Gasteiger partial charge >= 0.3 is 0 Å². The average Bonchev–Trinajstić information content (AvgIpc) is 2.77. The summed E-state index contributed by atoms with van der Waals surface area (Å²) in [5.41, 5.74) is 7.90. The van der Waals surface area contributed by atoms with Gasteiger partial charge in [0.05, 0.1) is 11.9 Å². The Morgan fingerprint density at radius 1 is 1.44 bits per heavy atom. The van der Waals surface area contributed by atoms with E-state index in [1.165, 1.54) is 12.3 Å². The van der Waals surface area contributed by atoms with Crippen molar-refractivity contribution in [3.63, 3.8) is 0 Å². The number of hydrogen-bond donors (Lipinski definition) is 2. The van der Waals surface area contributed by atoms with Crippen LogP contribution in [0.3, 0.4) is 0 Å². The zero-order valence-electron chi connectivity index (χ0n) is 10.2. The molecular weight excluding hydrogens is 233 g/mol. The molecule has 2 aromatic rings. The van der Waals surface area contributed by atoms with Crippen molar-refractivity contribution in [2.24, 2.45) is 5.73 Å². The minimum atomic E-state index is -0.364. The highest BCUT2D eigenvalue weighted by Gasteiger charge is 2.11. The van der Waals surface area contributed by atoms with Crippen molar-refractivity contribution in [1.82, 2.24) is 20.1 Å². The molecule has 0 bridgehead atoms. The number of rotatable bonds is 5. The molecule has 0 unspecified atom stereocenters. The number of nitrogens with two attached hydrogens (primary N) is 1. The van der Waals surface area contributed by atoms with Crippen molar-refractivity contribution in [1.29, 1.82) is 0 Å². The van der Waals surface area contributed by atoms with Gasteiger partial charge in [-0.2, -0.15) is 5.10 Å². The van der Waals surface area contributed by atoms with Crippen LogP contribution in [-0.4, -0.2) is 40.2 Å². The van der Waals surface area contributed by atoms with E-state index in [1.807, 2.05) is 13.2 Å². The monoisotopic (exact) mass is 249 g/mol. The van der Waals surface area contributed by atoms with Crippen LogP contribution in [0.25, 0.3) is 11.3 Å². The summed E-state index contributed by atoms with van der Waals surface area (Å²) in [5.74, 6) is -0.364. The fraction of sp³-hybridized carbons (Fsp3) is 0.333. The van der Waals surface area contributed by atoms with E-state index in [2.05, 4.69) is 20.1 Å². The number of H-pyrrole nitrogens is 1. The van der Waals surface area contributed by atoms with Crippen LogP contribution in [0.1, 0.15) is 5.56 Å². The Hall–Kier alpha value is -1.79. The van der Waals surface area contributed by atoms with Gasteiger partial charge in [-0.25, -0.2) is 4.39 Å². The highest BCUT2D eigenvalue weighted by atomic mass is 19.1. The second-order valence-corrected chi connectivity index (χ2v) is 4.18. The van der Waals surface area contributed by atoms with E-state index in [9.17, 15) is 4.39 Å². The molecule has 2 heterocycles. The molecule has 0 atom stereocenters. The van der Waals surface area contributed by atoms with Crippen LogP contribution in [0, 0.1) is 5.82 Å². The lowest BCUT2D eigenvalue weighted by atomic mass is 10.1. The summed E-state index contributed by atoms with van der Waals surface area (Å²) in [7, 11) is 1.98. The standard InChI is InChI=1S/C12H16FN5/c1-18(3-2-14)8-10-6-16-17-12(10)9-4-11(13)7-15-5-9/h4-7H,2-3,8,14H2,1H3,(H,16,17). The van der Waals surface area contributed by atoms with E-state index in [4.69, 9.17) is 5.73 Å². The van der Waals surface area contributed by atoms with Crippen LogP contribution in [0.15, 0.2) is 24.7 Å². The quantitative estimate of drug-likeness (QED) is 0.829. The van der Waals surface area contributed by atoms with Gasteiger partial charge < -0.3 is 10.6 Å². The maximum absolute atomic E-state index is 13.1. The number of aromatic nitrogens is 3.